The Morgan fingerprint density at radius 1 is 1.29 bits per heavy atom. The maximum Gasteiger partial charge on any atom is 0.238 e. The van der Waals surface area contributed by atoms with Crippen molar-refractivity contribution >= 4 is 23.2 Å². The van der Waals surface area contributed by atoms with Crippen LogP contribution in [0.15, 0.2) is 42.7 Å². The molecule has 2 atom stereocenters. The van der Waals surface area contributed by atoms with E-state index in [-0.39, 0.29) is 30.3 Å². The molecule has 1 aliphatic rings. The van der Waals surface area contributed by atoms with Crippen molar-refractivity contribution in [2.45, 2.75) is 64.6 Å². The van der Waals surface area contributed by atoms with Gasteiger partial charge in [-0.15, -0.1) is 6.58 Å². The molecule has 1 aromatic carbocycles. The second-order valence-corrected chi connectivity index (χ2v) is 9.98. The number of nitrogens with zero attached hydrogens (tertiary/aromatic N) is 3. The van der Waals surface area contributed by atoms with Gasteiger partial charge in [0.05, 0.1) is 12.1 Å². The Morgan fingerprint density at radius 3 is 2.65 bits per heavy atom. The van der Waals surface area contributed by atoms with Gasteiger partial charge in [0.2, 0.25) is 5.88 Å². The summed E-state index contributed by atoms with van der Waals surface area (Å²) < 4.78 is 11.8. The van der Waals surface area contributed by atoms with Crippen LogP contribution in [0.25, 0.3) is 0 Å². The Labute approximate surface area is 206 Å². The molecule has 1 saturated heterocycles. The van der Waals surface area contributed by atoms with Crippen molar-refractivity contribution in [3.8, 4) is 11.6 Å². The number of Topliss-reactive ketones (excluding diaryl/α,β-unsaturated/α-hetero) is 1. The molecule has 0 spiro atoms. The first kappa shape index (κ1) is 26.0. The highest BCUT2D eigenvalue weighted by Crippen LogP contribution is 2.33. The summed E-state index contributed by atoms with van der Waals surface area (Å²) in [5.41, 5.74) is 1.02. The predicted octanol–water partition coefficient (Wildman–Crippen LogP) is 4.97. The van der Waals surface area contributed by atoms with Crippen LogP contribution in [0.4, 0.5) is 5.82 Å². The minimum atomic E-state index is -0.994. The molecule has 1 aromatic heterocycles. The molecule has 184 valence electrons. The molecule has 1 aliphatic heterocycles. The lowest BCUT2D eigenvalue weighted by Crippen LogP contribution is -2.29. The number of aliphatic hydroxyl groups is 1. The van der Waals surface area contributed by atoms with Gasteiger partial charge in [-0.2, -0.15) is 0 Å². The molecule has 0 radical (unpaired) electrons. The second kappa shape index (κ2) is 11.2. The molecule has 0 bridgehead atoms. The van der Waals surface area contributed by atoms with E-state index >= 15 is 0 Å². The fourth-order valence-electron chi connectivity index (χ4n) is 3.69. The number of rotatable bonds is 11. The van der Waals surface area contributed by atoms with Crippen LogP contribution in [-0.2, 0) is 4.79 Å². The summed E-state index contributed by atoms with van der Waals surface area (Å²) in [7, 11) is 0. The van der Waals surface area contributed by atoms with E-state index in [2.05, 4.69) is 16.5 Å². The number of hydrogen-bond donors (Lipinski definition) is 1. The maximum atomic E-state index is 12.4. The molecule has 3 rings (SSSR count). The number of allylic oxidation sites excluding steroid dienone is 1. The number of hydrogen-bond acceptors (Lipinski definition) is 7. The monoisotopic (exact) mass is 487 g/mol. The number of ketones is 1. The Kier molecular flexibility index (Phi) is 8.55. The first-order chi connectivity index (χ1) is 16.0. The summed E-state index contributed by atoms with van der Waals surface area (Å²) in [4.78, 5) is 22.9. The van der Waals surface area contributed by atoms with Crippen LogP contribution in [0, 0.1) is 0 Å². The van der Waals surface area contributed by atoms with Crippen molar-refractivity contribution < 1.29 is 19.4 Å². The highest BCUT2D eigenvalue weighted by molar-refractivity contribution is 6.34. The molecule has 1 N–H and O–H groups in total. The van der Waals surface area contributed by atoms with Gasteiger partial charge in [0.1, 0.15) is 35.6 Å². The fraction of sp³-hybridized carbons (Fsp3) is 0.500. The Bertz CT molecular complexity index is 1000. The third kappa shape index (κ3) is 7.18. The van der Waals surface area contributed by atoms with Crippen molar-refractivity contribution in [2.24, 2.45) is 0 Å². The Balaban J connectivity index is 1.57. The number of ether oxygens (including phenoxy) is 2. The van der Waals surface area contributed by atoms with Gasteiger partial charge in [-0.1, -0.05) is 36.2 Å². The minimum Gasteiger partial charge on any atom is -0.489 e. The zero-order valence-corrected chi connectivity index (χ0v) is 21.1. The van der Waals surface area contributed by atoms with Crippen molar-refractivity contribution in [3.63, 3.8) is 0 Å². The second-order valence-electron chi connectivity index (χ2n) is 9.61. The average molecular weight is 488 g/mol. The largest absolute Gasteiger partial charge is 0.489 e. The van der Waals surface area contributed by atoms with E-state index in [1.54, 1.807) is 13.8 Å². The van der Waals surface area contributed by atoms with Crippen molar-refractivity contribution in [2.75, 3.05) is 24.6 Å². The van der Waals surface area contributed by atoms with Gasteiger partial charge in [-0.25, -0.2) is 9.97 Å². The van der Waals surface area contributed by atoms with E-state index in [4.69, 9.17) is 21.1 Å². The van der Waals surface area contributed by atoms with E-state index < -0.39 is 5.60 Å². The van der Waals surface area contributed by atoms with E-state index in [1.165, 1.54) is 6.33 Å². The molecular weight excluding hydrogens is 454 g/mol. The van der Waals surface area contributed by atoms with Crippen molar-refractivity contribution in [1.82, 2.24) is 9.97 Å². The van der Waals surface area contributed by atoms with Crippen LogP contribution in [0.3, 0.4) is 0 Å². The summed E-state index contributed by atoms with van der Waals surface area (Å²) in [6, 6.07) is 7.75. The van der Waals surface area contributed by atoms with Gasteiger partial charge in [0, 0.05) is 25.3 Å². The van der Waals surface area contributed by atoms with Crippen LogP contribution in [0.5, 0.6) is 11.6 Å². The summed E-state index contributed by atoms with van der Waals surface area (Å²) in [6.45, 7) is 12.5. The van der Waals surface area contributed by atoms with E-state index in [0.29, 0.717) is 23.8 Å². The van der Waals surface area contributed by atoms with Gasteiger partial charge in [0.15, 0.2) is 5.82 Å². The zero-order chi connectivity index (χ0) is 24.9. The van der Waals surface area contributed by atoms with E-state index in [1.807, 2.05) is 43.0 Å². The van der Waals surface area contributed by atoms with Gasteiger partial charge in [-0.3, -0.25) is 4.79 Å². The van der Waals surface area contributed by atoms with E-state index in [9.17, 15) is 9.90 Å². The fourth-order valence-corrected chi connectivity index (χ4v) is 3.97. The molecule has 0 aliphatic carbocycles. The van der Waals surface area contributed by atoms with Gasteiger partial charge in [-0.05, 0) is 44.9 Å². The normalized spacial score (nSPS) is 16.9. The smallest absolute Gasteiger partial charge is 0.238 e. The SMILES string of the molecule is C=C(C)CCC(=O)C(C)c1ccc(OC2CCN(c3ncnc(OCC(C)(C)O)c3Cl)C2)cc1. The highest BCUT2D eigenvalue weighted by atomic mass is 35.5. The summed E-state index contributed by atoms with van der Waals surface area (Å²) in [5.74, 6) is 1.67. The topological polar surface area (TPSA) is 84.8 Å². The maximum absolute atomic E-state index is 12.4. The molecule has 2 heterocycles. The molecule has 0 amide bonds. The molecular formula is C26H34ClN3O4. The zero-order valence-electron chi connectivity index (χ0n) is 20.4. The predicted molar refractivity (Wildman–Crippen MR) is 134 cm³/mol. The lowest BCUT2D eigenvalue weighted by Gasteiger charge is -2.21. The Hall–Kier alpha value is -2.64. The van der Waals surface area contributed by atoms with Crippen LogP contribution >= 0.6 is 11.6 Å². The molecule has 2 aromatic rings. The summed E-state index contributed by atoms with van der Waals surface area (Å²) >= 11 is 6.49. The van der Waals surface area contributed by atoms with Crippen LogP contribution < -0.4 is 14.4 Å². The quantitative estimate of drug-likeness (QED) is 0.448. The molecule has 1 fully saturated rings. The van der Waals surface area contributed by atoms with Gasteiger partial charge in [0.25, 0.3) is 0 Å². The van der Waals surface area contributed by atoms with Crippen molar-refractivity contribution in [3.05, 3.63) is 53.3 Å². The lowest BCUT2D eigenvalue weighted by atomic mass is 9.93. The van der Waals surface area contributed by atoms with Crippen LogP contribution in [0.2, 0.25) is 5.02 Å². The summed E-state index contributed by atoms with van der Waals surface area (Å²) in [6.07, 6.45) is 3.45. The molecule has 2 unspecified atom stereocenters. The number of benzene rings is 1. The molecule has 34 heavy (non-hydrogen) atoms. The number of carbonyl (C=O) groups is 1. The van der Waals surface area contributed by atoms with E-state index in [0.717, 1.165) is 36.3 Å². The molecule has 8 heteroatoms. The third-order valence-corrected chi connectivity index (χ3v) is 6.04. The molecule has 7 nitrogen and oxygen atoms in total. The molecule has 0 saturated carbocycles. The lowest BCUT2D eigenvalue weighted by molar-refractivity contribution is -0.120. The summed E-state index contributed by atoms with van der Waals surface area (Å²) in [5, 5.41) is 10.2. The minimum absolute atomic E-state index is 0.0211. The first-order valence-electron chi connectivity index (χ1n) is 11.6. The van der Waals surface area contributed by atoms with Gasteiger partial charge < -0.3 is 19.5 Å². The average Bonchev–Trinajstić information content (AvgIpc) is 3.24. The number of halogens is 1. The van der Waals surface area contributed by atoms with Crippen LogP contribution in [0.1, 0.15) is 58.4 Å². The Morgan fingerprint density at radius 2 is 2.00 bits per heavy atom. The first-order valence-corrected chi connectivity index (χ1v) is 12.0. The van der Waals surface area contributed by atoms with Crippen LogP contribution in [-0.4, -0.2) is 52.3 Å². The highest BCUT2D eigenvalue weighted by Gasteiger charge is 2.28. The van der Waals surface area contributed by atoms with Crippen molar-refractivity contribution in [1.29, 1.82) is 0 Å². The third-order valence-electron chi connectivity index (χ3n) is 5.71. The number of aromatic nitrogens is 2. The number of carbonyl (C=O) groups excluding carboxylic acids is 1. The number of anilines is 1. The van der Waals surface area contributed by atoms with Gasteiger partial charge >= 0.3 is 0 Å². The standard InChI is InChI=1S/C26H34ClN3O4/c1-17(2)6-11-22(31)18(3)19-7-9-20(10-8-19)34-21-12-13-30(14-21)24-23(27)25(29-16-28-24)33-15-26(4,5)32/h7-10,16,18,21,32H,1,6,11-15H2,2-5H3.